The zero-order valence-corrected chi connectivity index (χ0v) is 20.4. The van der Waals surface area contributed by atoms with Gasteiger partial charge in [-0.1, -0.05) is 12.1 Å². The zero-order chi connectivity index (χ0) is 22.8. The Hall–Kier alpha value is -1.40. The summed E-state index contributed by atoms with van der Waals surface area (Å²) in [7, 11) is -8.13. The van der Waals surface area contributed by atoms with Crippen molar-refractivity contribution in [2.75, 3.05) is 26.4 Å². The van der Waals surface area contributed by atoms with E-state index in [1.807, 2.05) is 12.1 Å². The summed E-state index contributed by atoms with van der Waals surface area (Å²) in [5, 5.41) is 0. The Kier molecular flexibility index (Phi) is 10.0. The molecule has 0 radical (unpaired) electrons. The van der Waals surface area contributed by atoms with E-state index in [2.05, 4.69) is 9.97 Å². The highest BCUT2D eigenvalue weighted by Crippen LogP contribution is 2.79. The molecule has 2 aromatic heterocycles. The molecule has 8 nitrogen and oxygen atoms in total. The van der Waals surface area contributed by atoms with Crippen LogP contribution in [-0.2, 0) is 40.1 Å². The summed E-state index contributed by atoms with van der Waals surface area (Å²) < 4.78 is 51.9. The normalized spacial score (nSPS) is 12.8. The maximum atomic E-state index is 14.4. The molecule has 2 aromatic rings. The second-order valence-corrected chi connectivity index (χ2v) is 11.7. The largest absolute Gasteiger partial charge is 0.349 e. The molecular formula is C21H32N2O6P2. The summed E-state index contributed by atoms with van der Waals surface area (Å²) in [6.45, 7) is 7.25. The molecule has 0 fully saturated rings. The van der Waals surface area contributed by atoms with Gasteiger partial charge in [-0.2, -0.15) is 0 Å². The molecule has 0 bridgehead atoms. The third-order valence-corrected chi connectivity index (χ3v) is 11.1. The first-order valence-corrected chi connectivity index (χ1v) is 13.6. The predicted molar refractivity (Wildman–Crippen MR) is 120 cm³/mol. The van der Waals surface area contributed by atoms with E-state index in [1.54, 1.807) is 64.4 Å². The van der Waals surface area contributed by atoms with E-state index in [0.29, 0.717) is 11.4 Å². The van der Waals surface area contributed by atoms with Gasteiger partial charge in [0.1, 0.15) is 0 Å². The molecule has 2 rings (SSSR count). The number of hydrogen-bond acceptors (Lipinski definition) is 8. The Balaban J connectivity index is 2.83. The van der Waals surface area contributed by atoms with Gasteiger partial charge >= 0.3 is 15.2 Å². The quantitative estimate of drug-likeness (QED) is 0.335. The van der Waals surface area contributed by atoms with Crippen LogP contribution < -0.4 is 0 Å². The highest BCUT2D eigenvalue weighted by molar-refractivity contribution is 7.74. The Labute approximate surface area is 184 Å². The summed E-state index contributed by atoms with van der Waals surface area (Å²) in [5.41, 5.74) is 1.13. The molecule has 0 saturated heterocycles. The maximum Gasteiger partial charge on any atom is 0.349 e. The first-order chi connectivity index (χ1) is 14.9. The lowest BCUT2D eigenvalue weighted by Gasteiger charge is -2.42. The van der Waals surface area contributed by atoms with Crippen LogP contribution in [0.4, 0.5) is 0 Å². The monoisotopic (exact) mass is 470 g/mol. The minimum absolute atomic E-state index is 0.00102. The number of rotatable bonds is 14. The lowest BCUT2D eigenvalue weighted by molar-refractivity contribution is 0.175. The van der Waals surface area contributed by atoms with E-state index in [-0.39, 0.29) is 39.3 Å². The van der Waals surface area contributed by atoms with Crippen LogP contribution in [0.1, 0.15) is 39.1 Å². The van der Waals surface area contributed by atoms with E-state index in [9.17, 15) is 9.13 Å². The molecule has 0 unspecified atom stereocenters. The Morgan fingerprint density at radius 1 is 0.677 bits per heavy atom. The van der Waals surface area contributed by atoms with Gasteiger partial charge in [0.2, 0.25) is 0 Å². The van der Waals surface area contributed by atoms with Crippen molar-refractivity contribution in [2.24, 2.45) is 0 Å². The van der Waals surface area contributed by atoms with Gasteiger partial charge < -0.3 is 18.1 Å². The predicted octanol–water partition coefficient (Wildman–Crippen LogP) is 5.49. The van der Waals surface area contributed by atoms with Crippen molar-refractivity contribution in [3.63, 3.8) is 0 Å². The van der Waals surface area contributed by atoms with Gasteiger partial charge in [0, 0.05) is 36.6 Å². The fourth-order valence-electron chi connectivity index (χ4n) is 3.42. The van der Waals surface area contributed by atoms with Gasteiger partial charge in [-0.05, 0) is 52.0 Å². The van der Waals surface area contributed by atoms with Crippen LogP contribution in [0.25, 0.3) is 0 Å². The van der Waals surface area contributed by atoms with Crippen LogP contribution in [0.15, 0.2) is 48.8 Å². The average Bonchev–Trinajstić information content (AvgIpc) is 2.75. The van der Waals surface area contributed by atoms with E-state index >= 15 is 0 Å². The second kappa shape index (κ2) is 12.0. The summed E-state index contributed by atoms with van der Waals surface area (Å²) in [4.78, 5) is 7.10. The van der Waals surface area contributed by atoms with Gasteiger partial charge in [0.05, 0.1) is 26.4 Å². The van der Waals surface area contributed by atoms with Crippen molar-refractivity contribution >= 4 is 15.2 Å². The van der Waals surface area contributed by atoms with Crippen molar-refractivity contribution in [3.05, 3.63) is 60.2 Å². The van der Waals surface area contributed by atoms with Crippen molar-refractivity contribution in [1.82, 2.24) is 9.97 Å². The Bertz CT molecular complexity index is 788. The van der Waals surface area contributed by atoms with E-state index in [4.69, 9.17) is 18.1 Å². The molecule has 0 amide bonds. The summed E-state index contributed by atoms with van der Waals surface area (Å²) in [6.07, 6.45) is 3.25. The lowest BCUT2D eigenvalue weighted by atomic mass is 10.1. The number of hydrogen-bond donors (Lipinski definition) is 0. The van der Waals surface area contributed by atoms with Crippen molar-refractivity contribution < 1.29 is 27.2 Å². The van der Waals surface area contributed by atoms with Crippen LogP contribution in [0.2, 0.25) is 0 Å². The zero-order valence-electron chi connectivity index (χ0n) is 18.6. The molecule has 0 saturated carbocycles. The number of aromatic nitrogens is 2. The topological polar surface area (TPSA) is 96.8 Å². The van der Waals surface area contributed by atoms with E-state index < -0.39 is 20.1 Å². The van der Waals surface area contributed by atoms with Gasteiger partial charge in [0.25, 0.3) is 0 Å². The van der Waals surface area contributed by atoms with E-state index in [1.165, 1.54) is 0 Å². The highest BCUT2D eigenvalue weighted by atomic mass is 31.2. The standard InChI is InChI=1S/C21H32N2O6P2/c1-5-26-30(24,27-6-2)21(17-19-13-9-11-15-22-19,18-20-14-10-12-16-23-20)31(25,28-7-3)29-8-4/h9-16H,5-8,17-18H2,1-4H3. The van der Waals surface area contributed by atoms with Crippen LogP contribution in [0.3, 0.4) is 0 Å². The van der Waals surface area contributed by atoms with Crippen LogP contribution in [0, 0.1) is 0 Å². The van der Waals surface area contributed by atoms with Crippen LogP contribution in [0.5, 0.6) is 0 Å². The van der Waals surface area contributed by atoms with E-state index in [0.717, 1.165) is 0 Å². The number of pyridine rings is 2. The smallest absolute Gasteiger partial charge is 0.308 e. The molecule has 0 atom stereocenters. The molecule has 0 spiro atoms. The molecular weight excluding hydrogens is 438 g/mol. The van der Waals surface area contributed by atoms with Crippen LogP contribution >= 0.6 is 15.2 Å². The SMILES string of the molecule is CCOP(=O)(OCC)C(Cc1ccccn1)(Cc1ccccn1)P(=O)(OCC)OCC. The molecule has 0 aliphatic rings. The molecule has 31 heavy (non-hydrogen) atoms. The first kappa shape index (κ1) is 25.9. The van der Waals surface area contributed by atoms with Gasteiger partial charge in [-0.25, -0.2) is 0 Å². The fourth-order valence-corrected chi connectivity index (χ4v) is 9.21. The van der Waals surface area contributed by atoms with Crippen molar-refractivity contribution in [2.45, 2.75) is 45.4 Å². The lowest BCUT2D eigenvalue weighted by Crippen LogP contribution is -2.38. The number of nitrogens with zero attached hydrogens (tertiary/aromatic N) is 2. The van der Waals surface area contributed by atoms with Crippen molar-refractivity contribution in [3.8, 4) is 0 Å². The van der Waals surface area contributed by atoms with Gasteiger partial charge in [-0.15, -0.1) is 0 Å². The molecule has 10 heteroatoms. The minimum atomic E-state index is -4.07. The summed E-state index contributed by atoms with van der Waals surface area (Å²) in [6, 6.07) is 10.7. The Morgan fingerprint density at radius 2 is 1.03 bits per heavy atom. The third kappa shape index (κ3) is 5.89. The highest BCUT2D eigenvalue weighted by Gasteiger charge is 2.65. The molecule has 0 N–H and O–H groups in total. The molecule has 172 valence electrons. The average molecular weight is 470 g/mol. The Morgan fingerprint density at radius 3 is 1.29 bits per heavy atom. The maximum absolute atomic E-state index is 14.4. The first-order valence-electron chi connectivity index (χ1n) is 10.5. The third-order valence-electron chi connectivity index (χ3n) is 4.60. The molecule has 0 aliphatic heterocycles. The fraction of sp³-hybridized carbons (Fsp3) is 0.524. The second-order valence-electron chi connectivity index (χ2n) is 6.64. The summed E-state index contributed by atoms with van der Waals surface area (Å²) >= 11 is 0. The molecule has 2 heterocycles. The molecule has 0 aliphatic carbocycles. The van der Waals surface area contributed by atoms with Gasteiger partial charge in [0.15, 0.2) is 4.90 Å². The minimum Gasteiger partial charge on any atom is -0.308 e. The molecule has 0 aromatic carbocycles. The van der Waals surface area contributed by atoms with Crippen molar-refractivity contribution in [1.29, 1.82) is 0 Å². The van der Waals surface area contributed by atoms with Crippen LogP contribution in [-0.4, -0.2) is 41.3 Å². The van der Waals surface area contributed by atoms with Gasteiger partial charge in [-0.3, -0.25) is 19.1 Å². The summed E-state index contributed by atoms with van der Waals surface area (Å²) in [5.74, 6) is 0.